The Bertz CT molecular complexity index is 491. The average molecular weight is 261 g/mol. The Kier molecular flexibility index (Phi) is 3.14. The maximum Gasteiger partial charge on any atom is 0.292 e. The van der Waals surface area contributed by atoms with Gasteiger partial charge in [0, 0.05) is 24.2 Å². The highest BCUT2D eigenvalue weighted by Gasteiger charge is 2.34. The van der Waals surface area contributed by atoms with Crippen molar-refractivity contribution in [2.75, 3.05) is 5.32 Å². The second-order valence-electron chi connectivity index (χ2n) is 5.73. The van der Waals surface area contributed by atoms with Crippen LogP contribution in [0.15, 0.2) is 18.2 Å². The van der Waals surface area contributed by atoms with Crippen molar-refractivity contribution in [2.24, 2.45) is 0 Å². The molecule has 0 radical (unpaired) electrons. The lowest BCUT2D eigenvalue weighted by Gasteiger charge is -2.30. The van der Waals surface area contributed by atoms with Gasteiger partial charge in [0.15, 0.2) is 0 Å². The van der Waals surface area contributed by atoms with Gasteiger partial charge in [-0.05, 0) is 44.2 Å². The summed E-state index contributed by atoms with van der Waals surface area (Å²) in [6, 6.07) is 6.77. The number of anilines is 1. The molecule has 0 aromatic heterocycles. The number of hydrogen-bond acceptors (Lipinski definition) is 4. The van der Waals surface area contributed by atoms with Gasteiger partial charge in [0.05, 0.1) is 4.92 Å². The lowest BCUT2D eigenvalue weighted by Crippen LogP contribution is -2.43. The van der Waals surface area contributed by atoms with Crippen molar-refractivity contribution in [3.05, 3.63) is 33.9 Å². The van der Waals surface area contributed by atoms with Gasteiger partial charge >= 0.3 is 0 Å². The predicted molar refractivity (Wildman–Crippen MR) is 74.4 cm³/mol. The SMILES string of the molecule is Cc1ccc([N+](=O)[O-])c(NC2CC3CCC(C2)N3)c1. The highest BCUT2D eigenvalue weighted by molar-refractivity contribution is 5.63. The number of benzene rings is 1. The number of rotatable bonds is 3. The summed E-state index contributed by atoms with van der Waals surface area (Å²) < 4.78 is 0. The van der Waals surface area contributed by atoms with E-state index in [1.807, 2.05) is 13.0 Å². The van der Waals surface area contributed by atoms with E-state index in [0.717, 1.165) is 18.4 Å². The first-order valence-electron chi connectivity index (χ1n) is 6.89. The van der Waals surface area contributed by atoms with E-state index in [9.17, 15) is 10.1 Å². The molecule has 0 aliphatic carbocycles. The highest BCUT2D eigenvalue weighted by Crippen LogP contribution is 2.32. The van der Waals surface area contributed by atoms with Crippen molar-refractivity contribution in [2.45, 2.75) is 50.7 Å². The van der Waals surface area contributed by atoms with Gasteiger partial charge in [0.1, 0.15) is 5.69 Å². The Morgan fingerprint density at radius 1 is 1.32 bits per heavy atom. The van der Waals surface area contributed by atoms with Crippen LogP contribution in [0.5, 0.6) is 0 Å². The van der Waals surface area contributed by atoms with E-state index in [-0.39, 0.29) is 10.6 Å². The Labute approximate surface area is 112 Å². The van der Waals surface area contributed by atoms with Crippen molar-refractivity contribution in [1.29, 1.82) is 0 Å². The number of nitro benzene ring substituents is 1. The summed E-state index contributed by atoms with van der Waals surface area (Å²) in [5, 5.41) is 18.0. The summed E-state index contributed by atoms with van der Waals surface area (Å²) in [7, 11) is 0. The first-order chi connectivity index (χ1) is 9.11. The summed E-state index contributed by atoms with van der Waals surface area (Å²) in [6.45, 7) is 1.96. The van der Waals surface area contributed by atoms with Crippen LogP contribution < -0.4 is 10.6 Å². The van der Waals surface area contributed by atoms with E-state index in [1.54, 1.807) is 12.1 Å². The summed E-state index contributed by atoms with van der Waals surface area (Å²) in [5.74, 6) is 0. The summed E-state index contributed by atoms with van der Waals surface area (Å²) >= 11 is 0. The third-order valence-electron chi connectivity index (χ3n) is 4.18. The number of aryl methyl sites for hydroxylation is 1. The molecule has 2 aliphatic rings. The number of nitrogens with zero attached hydrogens (tertiary/aromatic N) is 1. The molecule has 2 bridgehead atoms. The van der Waals surface area contributed by atoms with Gasteiger partial charge in [-0.1, -0.05) is 6.07 Å². The van der Waals surface area contributed by atoms with Crippen LogP contribution in [0.4, 0.5) is 11.4 Å². The van der Waals surface area contributed by atoms with Crippen molar-refractivity contribution in [3.63, 3.8) is 0 Å². The molecule has 0 spiro atoms. The van der Waals surface area contributed by atoms with E-state index >= 15 is 0 Å². The second kappa shape index (κ2) is 4.81. The molecule has 2 unspecified atom stereocenters. The first-order valence-corrected chi connectivity index (χ1v) is 6.89. The van der Waals surface area contributed by atoms with Crippen LogP contribution in [0.2, 0.25) is 0 Å². The summed E-state index contributed by atoms with van der Waals surface area (Å²) in [6.07, 6.45) is 4.58. The zero-order valence-corrected chi connectivity index (χ0v) is 11.1. The molecular weight excluding hydrogens is 242 g/mol. The van der Waals surface area contributed by atoms with E-state index in [2.05, 4.69) is 10.6 Å². The van der Waals surface area contributed by atoms with Gasteiger partial charge in [-0.25, -0.2) is 0 Å². The highest BCUT2D eigenvalue weighted by atomic mass is 16.6. The molecule has 2 saturated heterocycles. The van der Waals surface area contributed by atoms with Crippen LogP contribution >= 0.6 is 0 Å². The van der Waals surface area contributed by atoms with E-state index < -0.39 is 0 Å². The fourth-order valence-corrected chi connectivity index (χ4v) is 3.32. The Morgan fingerprint density at radius 3 is 2.63 bits per heavy atom. The molecule has 1 aromatic carbocycles. The van der Waals surface area contributed by atoms with Gasteiger partial charge < -0.3 is 10.6 Å². The minimum atomic E-state index is -0.308. The lowest BCUT2D eigenvalue weighted by molar-refractivity contribution is -0.384. The number of nitrogens with one attached hydrogen (secondary N) is 2. The molecule has 0 amide bonds. The van der Waals surface area contributed by atoms with Crippen molar-refractivity contribution in [3.8, 4) is 0 Å². The first kappa shape index (κ1) is 12.4. The molecule has 2 aliphatic heterocycles. The standard InChI is InChI=1S/C14H19N3O2/c1-9-2-5-14(17(18)19)13(6-9)16-12-7-10-3-4-11(8-12)15-10/h2,5-6,10-12,15-16H,3-4,7-8H2,1H3. The third-order valence-corrected chi connectivity index (χ3v) is 4.18. The molecule has 5 nitrogen and oxygen atoms in total. The number of piperidine rings is 1. The summed E-state index contributed by atoms with van der Waals surface area (Å²) in [5.41, 5.74) is 1.89. The molecule has 19 heavy (non-hydrogen) atoms. The molecule has 5 heteroatoms. The molecule has 2 fully saturated rings. The van der Waals surface area contributed by atoms with Crippen molar-refractivity contribution in [1.82, 2.24) is 5.32 Å². The molecule has 3 rings (SSSR count). The smallest absolute Gasteiger partial charge is 0.292 e. The molecule has 2 atom stereocenters. The van der Waals surface area contributed by atoms with E-state index in [4.69, 9.17) is 0 Å². The van der Waals surface area contributed by atoms with Gasteiger partial charge in [-0.2, -0.15) is 0 Å². The van der Waals surface area contributed by atoms with Gasteiger partial charge in [0.25, 0.3) is 5.69 Å². The minimum Gasteiger partial charge on any atom is -0.377 e. The normalized spacial score (nSPS) is 29.2. The Morgan fingerprint density at radius 2 is 2.00 bits per heavy atom. The van der Waals surface area contributed by atoms with Gasteiger partial charge in [-0.15, -0.1) is 0 Å². The lowest BCUT2D eigenvalue weighted by atomic mass is 9.99. The van der Waals surface area contributed by atoms with Crippen molar-refractivity contribution >= 4 is 11.4 Å². The number of nitro groups is 1. The zero-order chi connectivity index (χ0) is 13.4. The maximum atomic E-state index is 11.1. The van der Waals surface area contributed by atoms with Crippen LogP contribution in [0.25, 0.3) is 0 Å². The molecule has 102 valence electrons. The third kappa shape index (κ3) is 2.56. The van der Waals surface area contributed by atoms with Crippen LogP contribution in [0.3, 0.4) is 0 Å². The van der Waals surface area contributed by atoms with Crippen LogP contribution in [0.1, 0.15) is 31.2 Å². The average Bonchev–Trinajstić information content (AvgIpc) is 2.68. The second-order valence-corrected chi connectivity index (χ2v) is 5.73. The van der Waals surface area contributed by atoms with Gasteiger partial charge in [-0.3, -0.25) is 10.1 Å². The molecule has 2 heterocycles. The van der Waals surface area contributed by atoms with Crippen LogP contribution in [-0.4, -0.2) is 23.0 Å². The summed E-state index contributed by atoms with van der Waals surface area (Å²) in [4.78, 5) is 10.8. The van der Waals surface area contributed by atoms with Gasteiger partial charge in [0.2, 0.25) is 0 Å². The minimum absolute atomic E-state index is 0.177. The van der Waals surface area contributed by atoms with E-state index in [1.165, 1.54) is 12.8 Å². The quantitative estimate of drug-likeness (QED) is 0.648. The largest absolute Gasteiger partial charge is 0.377 e. The van der Waals surface area contributed by atoms with Crippen LogP contribution in [0, 0.1) is 17.0 Å². The zero-order valence-electron chi connectivity index (χ0n) is 11.1. The topological polar surface area (TPSA) is 67.2 Å². The van der Waals surface area contributed by atoms with Crippen molar-refractivity contribution < 1.29 is 4.92 Å². The number of fused-ring (bicyclic) bond motifs is 2. The number of hydrogen-bond donors (Lipinski definition) is 2. The maximum absolute atomic E-state index is 11.1. The molecule has 0 saturated carbocycles. The predicted octanol–water partition coefficient (Wildman–Crippen LogP) is 2.60. The monoisotopic (exact) mass is 261 g/mol. The fraction of sp³-hybridized carbons (Fsp3) is 0.571. The van der Waals surface area contributed by atoms with Crippen LogP contribution in [-0.2, 0) is 0 Å². The molecule has 1 aromatic rings. The molecular formula is C14H19N3O2. The Balaban J connectivity index is 1.79. The fourth-order valence-electron chi connectivity index (χ4n) is 3.32. The van der Waals surface area contributed by atoms with E-state index in [0.29, 0.717) is 23.8 Å². The molecule has 2 N–H and O–H groups in total. The Hall–Kier alpha value is -1.62.